The first-order valence-electron chi connectivity index (χ1n) is 11.8. The highest BCUT2D eigenvalue weighted by molar-refractivity contribution is 7.20. The highest BCUT2D eigenvalue weighted by atomic mass is 32.1. The van der Waals surface area contributed by atoms with Crippen LogP contribution < -0.4 is 5.32 Å². The second kappa shape index (κ2) is 10.4. The van der Waals surface area contributed by atoms with E-state index in [2.05, 4.69) is 27.6 Å². The van der Waals surface area contributed by atoms with E-state index in [1.807, 2.05) is 68.7 Å². The molecule has 0 radical (unpaired) electrons. The third-order valence-corrected chi connectivity index (χ3v) is 7.48. The quantitative estimate of drug-likeness (QED) is 0.383. The van der Waals surface area contributed by atoms with Crippen LogP contribution in [0.15, 0.2) is 42.5 Å². The summed E-state index contributed by atoms with van der Waals surface area (Å²) < 4.78 is 3.53. The van der Waals surface area contributed by atoms with Crippen LogP contribution in [0.4, 0.5) is 0 Å². The second-order valence-corrected chi connectivity index (χ2v) is 9.86. The van der Waals surface area contributed by atoms with Crippen LogP contribution in [-0.2, 0) is 20.0 Å². The summed E-state index contributed by atoms with van der Waals surface area (Å²) >= 11 is 1.47. The molecule has 4 rings (SSSR count). The summed E-state index contributed by atoms with van der Waals surface area (Å²) in [5.41, 5.74) is 3.45. The van der Waals surface area contributed by atoms with Crippen molar-refractivity contribution < 1.29 is 9.59 Å². The number of rotatable bonds is 9. The lowest BCUT2D eigenvalue weighted by atomic mass is 10.0. The van der Waals surface area contributed by atoms with Crippen molar-refractivity contribution >= 4 is 33.4 Å². The molecule has 1 aromatic carbocycles. The fourth-order valence-corrected chi connectivity index (χ4v) is 5.49. The molecule has 0 aliphatic heterocycles. The van der Waals surface area contributed by atoms with Gasteiger partial charge in [0.05, 0.1) is 16.3 Å². The number of fused-ring (bicyclic) bond motifs is 1. The summed E-state index contributed by atoms with van der Waals surface area (Å²) in [5, 5.41) is 12.8. The molecular weight excluding hydrogens is 460 g/mol. The van der Waals surface area contributed by atoms with Gasteiger partial charge in [-0.15, -0.1) is 11.3 Å². The molecule has 3 heterocycles. The molecule has 0 bridgehead atoms. The minimum absolute atomic E-state index is 0.0162. The molecule has 9 heteroatoms. The van der Waals surface area contributed by atoms with Crippen LogP contribution in [0.1, 0.15) is 50.5 Å². The number of amides is 2. The number of carbonyl (C=O) groups excluding carboxylic acids is 2. The Morgan fingerprint density at radius 3 is 2.57 bits per heavy atom. The minimum atomic E-state index is -0.146. The van der Waals surface area contributed by atoms with Crippen molar-refractivity contribution in [2.75, 3.05) is 13.6 Å². The van der Waals surface area contributed by atoms with Crippen molar-refractivity contribution in [2.24, 2.45) is 7.05 Å². The van der Waals surface area contributed by atoms with E-state index in [-0.39, 0.29) is 17.9 Å². The molecule has 4 aromatic rings. The maximum atomic E-state index is 13.5. The summed E-state index contributed by atoms with van der Waals surface area (Å²) in [6, 6.07) is 13.8. The van der Waals surface area contributed by atoms with E-state index in [0.717, 1.165) is 27.2 Å². The molecule has 0 fully saturated rings. The smallest absolute Gasteiger partial charge is 0.269 e. The summed E-state index contributed by atoms with van der Waals surface area (Å²) in [6.07, 6.45) is 1.34. The molecule has 0 spiro atoms. The van der Waals surface area contributed by atoms with E-state index >= 15 is 0 Å². The summed E-state index contributed by atoms with van der Waals surface area (Å²) in [5.74, 6) is -0.162. The number of nitrogens with one attached hydrogen (secondary N) is 1. The zero-order valence-electron chi connectivity index (χ0n) is 20.9. The van der Waals surface area contributed by atoms with Crippen LogP contribution in [0, 0.1) is 13.8 Å². The molecular formula is C26H32N6O2S. The van der Waals surface area contributed by atoms with Gasteiger partial charge >= 0.3 is 0 Å². The number of benzene rings is 1. The molecule has 35 heavy (non-hydrogen) atoms. The van der Waals surface area contributed by atoms with E-state index in [0.29, 0.717) is 36.5 Å². The number of hydrogen-bond donors (Lipinski definition) is 1. The SMILES string of the molecule is CCn1nc(C)cc1C(=O)NCC[C@H](Cc1ccccc1)N(C)C(=O)c1cc2c(C)nn(C)c2s1. The standard InChI is InChI=1S/C26H32N6O2S/c1-6-32-22(14-17(2)28-32)24(33)27-13-12-20(15-19-10-8-7-9-11-19)30(4)25(34)23-16-21-18(3)29-31(5)26(21)35-23/h7-11,14,16,20H,6,12-13,15H2,1-5H3,(H,27,33)/t20-/m1/s1. The van der Waals surface area contributed by atoms with Gasteiger partial charge in [0.1, 0.15) is 10.5 Å². The number of aryl methyl sites for hydroxylation is 4. The first-order valence-corrected chi connectivity index (χ1v) is 12.7. The number of nitrogens with zero attached hydrogens (tertiary/aromatic N) is 5. The van der Waals surface area contributed by atoms with Gasteiger partial charge in [-0.1, -0.05) is 30.3 Å². The van der Waals surface area contributed by atoms with Gasteiger partial charge in [-0.05, 0) is 51.3 Å². The molecule has 184 valence electrons. The average Bonchev–Trinajstić information content (AvgIpc) is 3.53. The van der Waals surface area contributed by atoms with Crippen LogP contribution >= 0.6 is 11.3 Å². The predicted octanol–water partition coefficient (Wildman–Crippen LogP) is 3.97. The lowest BCUT2D eigenvalue weighted by molar-refractivity contribution is 0.0727. The normalized spacial score (nSPS) is 12.1. The third-order valence-electron chi connectivity index (χ3n) is 6.29. The van der Waals surface area contributed by atoms with Gasteiger partial charge in [0.2, 0.25) is 0 Å². The first kappa shape index (κ1) is 24.7. The van der Waals surface area contributed by atoms with E-state index in [1.165, 1.54) is 11.3 Å². The van der Waals surface area contributed by atoms with Crippen LogP contribution in [0.2, 0.25) is 0 Å². The highest BCUT2D eigenvalue weighted by Crippen LogP contribution is 2.29. The monoisotopic (exact) mass is 492 g/mol. The van der Waals surface area contributed by atoms with Crippen molar-refractivity contribution in [3.8, 4) is 0 Å². The van der Waals surface area contributed by atoms with Crippen molar-refractivity contribution in [1.82, 2.24) is 29.8 Å². The fraction of sp³-hybridized carbons (Fsp3) is 0.385. The highest BCUT2D eigenvalue weighted by Gasteiger charge is 2.25. The Morgan fingerprint density at radius 2 is 1.89 bits per heavy atom. The van der Waals surface area contributed by atoms with Gasteiger partial charge in [-0.3, -0.25) is 19.0 Å². The lowest BCUT2D eigenvalue weighted by Crippen LogP contribution is -2.41. The molecule has 3 aromatic heterocycles. The first-order chi connectivity index (χ1) is 16.8. The minimum Gasteiger partial charge on any atom is -0.351 e. The van der Waals surface area contributed by atoms with Crippen molar-refractivity contribution in [1.29, 1.82) is 0 Å². The number of likely N-dealkylation sites (N-methyl/N-ethyl adjacent to an activating group) is 1. The third kappa shape index (κ3) is 5.30. The molecule has 0 aliphatic rings. The topological polar surface area (TPSA) is 85.1 Å². The molecule has 1 N–H and O–H groups in total. The van der Waals surface area contributed by atoms with Crippen LogP contribution in [0.25, 0.3) is 10.2 Å². The summed E-state index contributed by atoms with van der Waals surface area (Å²) in [4.78, 5) is 29.8. The molecule has 2 amide bonds. The molecule has 1 atom stereocenters. The zero-order valence-corrected chi connectivity index (χ0v) is 21.7. The molecule has 0 saturated carbocycles. The zero-order chi connectivity index (χ0) is 25.1. The maximum absolute atomic E-state index is 13.5. The Balaban J connectivity index is 1.49. The maximum Gasteiger partial charge on any atom is 0.269 e. The Labute approximate surface area is 209 Å². The van der Waals surface area contributed by atoms with Gasteiger partial charge in [-0.2, -0.15) is 10.2 Å². The van der Waals surface area contributed by atoms with E-state index in [4.69, 9.17) is 0 Å². The largest absolute Gasteiger partial charge is 0.351 e. The molecule has 0 aliphatic carbocycles. The van der Waals surface area contributed by atoms with E-state index in [9.17, 15) is 9.59 Å². The van der Waals surface area contributed by atoms with Gasteiger partial charge in [0.25, 0.3) is 11.8 Å². The number of thiophene rings is 1. The summed E-state index contributed by atoms with van der Waals surface area (Å²) in [6.45, 7) is 6.89. The van der Waals surface area contributed by atoms with Crippen LogP contribution in [0.3, 0.4) is 0 Å². The molecule has 8 nitrogen and oxygen atoms in total. The molecule has 0 saturated heterocycles. The van der Waals surface area contributed by atoms with Gasteiger partial charge in [-0.25, -0.2) is 0 Å². The van der Waals surface area contributed by atoms with Crippen molar-refractivity contribution in [3.63, 3.8) is 0 Å². The Bertz CT molecular complexity index is 1300. The number of hydrogen-bond acceptors (Lipinski definition) is 5. The number of aromatic nitrogens is 4. The van der Waals surface area contributed by atoms with Gasteiger partial charge < -0.3 is 10.2 Å². The Kier molecular flexibility index (Phi) is 7.35. The van der Waals surface area contributed by atoms with Gasteiger partial charge in [0.15, 0.2) is 0 Å². The predicted molar refractivity (Wildman–Crippen MR) is 139 cm³/mol. The van der Waals surface area contributed by atoms with E-state index < -0.39 is 0 Å². The Hall–Kier alpha value is -3.46. The average molecular weight is 493 g/mol. The van der Waals surface area contributed by atoms with Crippen LogP contribution in [0.5, 0.6) is 0 Å². The summed E-state index contributed by atoms with van der Waals surface area (Å²) in [7, 11) is 3.75. The van der Waals surface area contributed by atoms with Crippen LogP contribution in [-0.4, -0.2) is 55.9 Å². The van der Waals surface area contributed by atoms with Gasteiger partial charge in [0, 0.05) is 38.6 Å². The van der Waals surface area contributed by atoms with E-state index in [1.54, 1.807) is 10.7 Å². The fourth-order valence-electron chi connectivity index (χ4n) is 4.38. The Morgan fingerprint density at radius 1 is 1.14 bits per heavy atom. The second-order valence-electron chi connectivity index (χ2n) is 8.83. The number of carbonyl (C=O) groups is 2. The molecule has 0 unspecified atom stereocenters. The lowest BCUT2D eigenvalue weighted by Gasteiger charge is -2.28. The van der Waals surface area contributed by atoms with Crippen molar-refractivity contribution in [2.45, 2.75) is 46.2 Å². The van der Waals surface area contributed by atoms with Crippen molar-refractivity contribution in [3.05, 3.63) is 70.0 Å².